The molecule has 0 radical (unpaired) electrons. The lowest BCUT2D eigenvalue weighted by Gasteiger charge is -2.34. The van der Waals surface area contributed by atoms with Crippen LogP contribution in [0.1, 0.15) is 29.0 Å². The van der Waals surface area contributed by atoms with Gasteiger partial charge in [-0.25, -0.2) is 4.39 Å². The molecule has 0 aliphatic carbocycles. The van der Waals surface area contributed by atoms with Gasteiger partial charge in [-0.2, -0.15) is 0 Å². The molecule has 3 nitrogen and oxygen atoms in total. The fraction of sp³-hybridized carbons (Fsp3) is 0.318. The van der Waals surface area contributed by atoms with Gasteiger partial charge in [-0.1, -0.05) is 29.8 Å². The van der Waals surface area contributed by atoms with E-state index in [0.29, 0.717) is 5.92 Å². The minimum absolute atomic E-state index is 0.00600. The molecule has 134 valence electrons. The van der Waals surface area contributed by atoms with Crippen molar-refractivity contribution < 1.29 is 14.1 Å². The van der Waals surface area contributed by atoms with Crippen LogP contribution < -0.4 is 9.80 Å². The lowest BCUT2D eigenvalue weighted by Crippen LogP contribution is -3.11. The quantitative estimate of drug-likeness (QED) is 0.827. The first-order valence-electron chi connectivity index (χ1n) is 9.21. The van der Waals surface area contributed by atoms with Crippen molar-refractivity contribution >= 4 is 17.7 Å². The monoisotopic (exact) mass is 351 g/mol. The molecule has 0 spiro atoms. The van der Waals surface area contributed by atoms with E-state index in [-0.39, 0.29) is 17.8 Å². The van der Waals surface area contributed by atoms with Gasteiger partial charge in [0.05, 0.1) is 32.1 Å². The number of quaternary nitrogens is 1. The number of piperidine rings is 1. The van der Waals surface area contributed by atoms with Crippen LogP contribution in [-0.2, 0) is 4.79 Å². The average Bonchev–Trinajstić information content (AvgIpc) is 2.94. The van der Waals surface area contributed by atoms with Crippen molar-refractivity contribution in [2.75, 3.05) is 25.0 Å². The largest absolute Gasteiger partial charge is 0.337 e. The normalized spacial score (nSPS) is 24.6. The van der Waals surface area contributed by atoms with E-state index in [9.17, 15) is 9.18 Å². The Morgan fingerprint density at radius 2 is 2.00 bits per heavy atom. The highest BCUT2D eigenvalue weighted by molar-refractivity contribution is 6.06. The number of benzene rings is 2. The Labute approximate surface area is 153 Å². The van der Waals surface area contributed by atoms with E-state index in [0.717, 1.165) is 30.8 Å². The summed E-state index contributed by atoms with van der Waals surface area (Å²) in [7, 11) is 2.23. The summed E-state index contributed by atoms with van der Waals surface area (Å²) >= 11 is 0. The third-order valence-corrected chi connectivity index (χ3v) is 5.60. The fourth-order valence-electron chi connectivity index (χ4n) is 4.31. The number of carbonyl (C=O) groups is 1. The number of nitrogens with one attached hydrogen (secondary N) is 1. The van der Waals surface area contributed by atoms with Gasteiger partial charge in [0.1, 0.15) is 5.82 Å². The van der Waals surface area contributed by atoms with Crippen LogP contribution in [0.4, 0.5) is 10.1 Å². The standard InChI is InChI=1S/C22H23FN2O/c1-15-3-9-20-18(13-15)19-14-24(2)12-11-21(19)25(20)22(26)10-6-16-4-7-17(23)8-5-16/h3-10,13,19,21H,11-12,14H2,1-2H3/p+1/b10-6+/t19-,21-/m1/s1. The Balaban J connectivity index is 1.64. The van der Waals surface area contributed by atoms with E-state index in [1.807, 2.05) is 4.90 Å². The minimum Gasteiger partial charge on any atom is -0.337 e. The summed E-state index contributed by atoms with van der Waals surface area (Å²) in [6, 6.07) is 12.8. The lowest BCUT2D eigenvalue weighted by molar-refractivity contribution is -0.886. The number of halogens is 1. The minimum atomic E-state index is -0.269. The number of carbonyl (C=O) groups excluding carboxylic acids is 1. The van der Waals surface area contributed by atoms with Gasteiger partial charge in [-0.05, 0) is 42.3 Å². The van der Waals surface area contributed by atoms with Crippen LogP contribution >= 0.6 is 0 Å². The van der Waals surface area contributed by atoms with Crippen LogP contribution in [-0.4, -0.2) is 32.1 Å². The molecule has 2 heterocycles. The Bertz CT molecular complexity index is 859. The van der Waals surface area contributed by atoms with Gasteiger partial charge >= 0.3 is 0 Å². The second kappa shape index (κ2) is 6.69. The van der Waals surface area contributed by atoms with Gasteiger partial charge in [0, 0.05) is 18.2 Å². The summed E-state index contributed by atoms with van der Waals surface area (Å²) in [6.45, 7) is 4.25. The highest BCUT2D eigenvalue weighted by Gasteiger charge is 2.45. The van der Waals surface area contributed by atoms with Gasteiger partial charge in [-0.3, -0.25) is 4.79 Å². The maximum Gasteiger partial charge on any atom is 0.251 e. The number of fused-ring (bicyclic) bond motifs is 3. The zero-order valence-corrected chi connectivity index (χ0v) is 15.2. The van der Waals surface area contributed by atoms with Crippen molar-refractivity contribution in [2.45, 2.75) is 25.3 Å². The second-order valence-electron chi connectivity index (χ2n) is 7.53. The Morgan fingerprint density at radius 1 is 1.23 bits per heavy atom. The van der Waals surface area contributed by atoms with Gasteiger partial charge in [-0.15, -0.1) is 0 Å². The molecule has 1 fully saturated rings. The van der Waals surface area contributed by atoms with Crippen LogP contribution in [0, 0.1) is 12.7 Å². The molecule has 2 aromatic carbocycles. The molecule has 2 aromatic rings. The molecule has 1 N–H and O–H groups in total. The maximum absolute atomic E-state index is 13.0. The first kappa shape index (κ1) is 17.0. The summed E-state index contributed by atoms with van der Waals surface area (Å²) in [5.41, 5.74) is 4.42. The molecule has 4 rings (SSSR count). The van der Waals surface area contributed by atoms with Gasteiger partial charge in [0.2, 0.25) is 0 Å². The van der Waals surface area contributed by atoms with Crippen LogP contribution in [0.2, 0.25) is 0 Å². The zero-order valence-electron chi connectivity index (χ0n) is 15.2. The number of hydrogen-bond donors (Lipinski definition) is 1. The van der Waals surface area contributed by atoms with E-state index < -0.39 is 0 Å². The van der Waals surface area contributed by atoms with Gasteiger partial charge in [0.15, 0.2) is 0 Å². The average molecular weight is 351 g/mol. The Morgan fingerprint density at radius 3 is 2.77 bits per heavy atom. The van der Waals surface area contributed by atoms with Crippen LogP contribution in [0.5, 0.6) is 0 Å². The molecular weight excluding hydrogens is 327 g/mol. The number of likely N-dealkylation sites (N-methyl/N-ethyl adjacent to an activating group) is 1. The van der Waals surface area contributed by atoms with Crippen molar-refractivity contribution in [3.05, 3.63) is 71.0 Å². The molecule has 2 aliphatic rings. The third kappa shape index (κ3) is 3.06. The molecule has 0 bridgehead atoms. The first-order valence-corrected chi connectivity index (χ1v) is 9.21. The lowest BCUT2D eigenvalue weighted by atomic mass is 9.89. The van der Waals surface area contributed by atoms with Gasteiger partial charge < -0.3 is 9.80 Å². The van der Waals surface area contributed by atoms with Crippen molar-refractivity contribution in [3.63, 3.8) is 0 Å². The van der Waals surface area contributed by atoms with Gasteiger partial charge in [0.25, 0.3) is 5.91 Å². The molecule has 4 heteroatoms. The summed E-state index contributed by atoms with van der Waals surface area (Å²) < 4.78 is 13.0. The molecule has 1 amide bonds. The molecule has 1 unspecified atom stereocenters. The van der Waals surface area contributed by atoms with E-state index in [1.165, 1.54) is 28.2 Å². The predicted octanol–water partition coefficient (Wildman–Crippen LogP) is 2.56. The van der Waals surface area contributed by atoms with Crippen molar-refractivity contribution in [1.29, 1.82) is 0 Å². The fourth-order valence-corrected chi connectivity index (χ4v) is 4.31. The van der Waals surface area contributed by atoms with Crippen LogP contribution in [0.15, 0.2) is 48.5 Å². The first-order chi connectivity index (χ1) is 12.5. The number of rotatable bonds is 2. The van der Waals surface area contributed by atoms with Crippen molar-refractivity contribution in [1.82, 2.24) is 0 Å². The number of amides is 1. The smallest absolute Gasteiger partial charge is 0.251 e. The third-order valence-electron chi connectivity index (χ3n) is 5.60. The van der Waals surface area contributed by atoms with Crippen molar-refractivity contribution in [2.24, 2.45) is 0 Å². The molecule has 1 saturated heterocycles. The Kier molecular flexibility index (Phi) is 4.37. The van der Waals surface area contributed by atoms with E-state index >= 15 is 0 Å². The summed E-state index contributed by atoms with van der Waals surface area (Å²) in [5, 5.41) is 0. The highest BCUT2D eigenvalue weighted by Crippen LogP contribution is 2.43. The molecule has 2 aliphatic heterocycles. The van der Waals surface area contributed by atoms with E-state index in [4.69, 9.17) is 0 Å². The van der Waals surface area contributed by atoms with Crippen LogP contribution in [0.25, 0.3) is 6.08 Å². The number of anilines is 1. The number of hydrogen-bond acceptors (Lipinski definition) is 1. The summed E-state index contributed by atoms with van der Waals surface area (Å²) in [4.78, 5) is 16.5. The summed E-state index contributed by atoms with van der Waals surface area (Å²) in [6.07, 6.45) is 4.40. The SMILES string of the molecule is Cc1ccc2c(c1)[C@H]1C[NH+](C)CC[C@H]1N2C(=O)/C=C/c1ccc(F)cc1. The molecular formula is C22H24FN2O+. The molecule has 0 saturated carbocycles. The topological polar surface area (TPSA) is 24.8 Å². The Hall–Kier alpha value is -2.46. The van der Waals surface area contributed by atoms with E-state index in [1.54, 1.807) is 24.3 Å². The zero-order chi connectivity index (χ0) is 18.3. The van der Waals surface area contributed by atoms with Crippen LogP contribution in [0.3, 0.4) is 0 Å². The predicted molar refractivity (Wildman–Crippen MR) is 102 cm³/mol. The maximum atomic E-state index is 13.0. The molecule has 26 heavy (non-hydrogen) atoms. The number of nitrogens with zero attached hydrogens (tertiary/aromatic N) is 1. The van der Waals surface area contributed by atoms with E-state index in [2.05, 4.69) is 32.2 Å². The van der Waals surface area contributed by atoms with Crippen molar-refractivity contribution in [3.8, 4) is 0 Å². The number of likely N-dealkylation sites (tertiary alicyclic amines) is 1. The number of aryl methyl sites for hydroxylation is 1. The molecule has 3 atom stereocenters. The second-order valence-corrected chi connectivity index (χ2v) is 7.53. The summed E-state index contributed by atoms with van der Waals surface area (Å²) in [5.74, 6) is 0.141. The molecule has 0 aromatic heterocycles. The highest BCUT2D eigenvalue weighted by atomic mass is 19.1.